The van der Waals surface area contributed by atoms with Crippen molar-refractivity contribution in [2.45, 2.75) is 117 Å². The lowest BCUT2D eigenvalue weighted by Crippen LogP contribution is -2.66. The largest absolute Gasteiger partial charge is 0.501 e. The molecule has 3 saturated carbocycles. The molecule has 2 heterocycles. The summed E-state index contributed by atoms with van der Waals surface area (Å²) in [6, 6.07) is 17.7. The number of amides is 1. The molecule has 0 radical (unpaired) electrons. The molecule has 74 heavy (non-hydrogen) atoms. The first-order valence-corrected chi connectivity index (χ1v) is 29.7. The summed E-state index contributed by atoms with van der Waals surface area (Å²) in [6.45, 7) is 14.0. The van der Waals surface area contributed by atoms with Crippen LogP contribution >= 0.6 is 24.2 Å². The molecule has 4 N–H and O–H groups in total. The van der Waals surface area contributed by atoms with Gasteiger partial charge in [0.1, 0.15) is 4.90 Å². The van der Waals surface area contributed by atoms with Gasteiger partial charge in [0.15, 0.2) is 0 Å². The lowest BCUT2D eigenvalue weighted by Gasteiger charge is -2.72. The molecular weight excluding hydrogens is 1040 g/mol. The number of carbonyl (C=O) groups is 1. The topological polar surface area (TPSA) is 148 Å². The summed E-state index contributed by atoms with van der Waals surface area (Å²) >= 11 is 1.46. The molecule has 12 nitrogen and oxygen atoms in total. The highest BCUT2D eigenvalue weighted by Gasteiger charge is 2.73. The summed E-state index contributed by atoms with van der Waals surface area (Å²) < 4.78 is 126. The number of carbonyl (C=O) groups excluding carboxylic acids is 1. The van der Waals surface area contributed by atoms with E-state index in [9.17, 15) is 43.6 Å². The van der Waals surface area contributed by atoms with Gasteiger partial charge in [0, 0.05) is 98.8 Å². The Morgan fingerprint density at radius 1 is 0.797 bits per heavy atom. The third-order valence-electron chi connectivity index (χ3n) is 16.0. The van der Waals surface area contributed by atoms with Crippen LogP contribution in [0.1, 0.15) is 94.8 Å². The van der Waals surface area contributed by atoms with Crippen molar-refractivity contribution in [2.75, 3.05) is 94.5 Å². The van der Waals surface area contributed by atoms with E-state index in [1.807, 2.05) is 35.1 Å². The molecule has 2 saturated heterocycles. The van der Waals surface area contributed by atoms with Crippen LogP contribution in [0.25, 0.3) is 0 Å². The highest BCUT2D eigenvalue weighted by Crippen LogP contribution is 2.79. The van der Waals surface area contributed by atoms with Crippen LogP contribution in [0.15, 0.2) is 98.6 Å². The SMILES string of the molecule is CC1(C)CCC(CN2CCN(c3ccc(C(=O)NS(=O)(=O)c4ccc(NC(CCN5CCN(CCCCCCN)CC5)CSc5ccccc5)c(S(=O)(=O)C(F)(F)F)c4)cc3)CC2)=C(C23CC(C(F)F)(C2)C3)C1.Cl. The quantitative estimate of drug-likeness (QED) is 0.0360. The minimum Gasteiger partial charge on any atom is -0.380 e. The average Bonchev–Trinajstić information content (AvgIpc) is 3.32. The van der Waals surface area contributed by atoms with Gasteiger partial charge in [-0.1, -0.05) is 56.0 Å². The second kappa shape index (κ2) is 24.0. The zero-order valence-corrected chi connectivity index (χ0v) is 45.7. The first-order chi connectivity index (χ1) is 34.6. The summed E-state index contributed by atoms with van der Waals surface area (Å²) in [4.78, 5) is 21.6. The standard InChI is InChI=1S/C53H72F5N7O5S3.ClH/c1-50(2)20-18-40(45(33-50)51-36-52(37-51,38-51)49(54)55)34-64-28-30-65(31-29-64)42-14-12-39(13-15-42)48(66)61-73(69,70)44-16-17-46(47(32-44)72(67,68)53(56,57)58)60-41(35-71-43-10-6-5-7-11-43)19-23-63-26-24-62(25-27-63)22-9-4-3-8-21-59;/h5-7,10-17,32,41,49,60H,3-4,8-9,18-31,33-38,59H2,1-2H3,(H,61,66);1H. The Kier molecular flexibility index (Phi) is 18.9. The van der Waals surface area contributed by atoms with Gasteiger partial charge in [-0.05, 0) is 136 Å². The molecule has 0 aromatic heterocycles. The third-order valence-corrected chi connectivity index (χ3v) is 20.0. The van der Waals surface area contributed by atoms with E-state index in [-0.39, 0.29) is 28.8 Å². The number of piperazine rings is 2. The number of alkyl halides is 5. The summed E-state index contributed by atoms with van der Waals surface area (Å²) in [6.07, 6.45) is 7.39. The number of sulfone groups is 1. The van der Waals surface area contributed by atoms with Gasteiger partial charge >= 0.3 is 5.51 Å². The van der Waals surface area contributed by atoms with Crippen molar-refractivity contribution < 1.29 is 43.6 Å². The van der Waals surface area contributed by atoms with Crippen LogP contribution in [0.3, 0.4) is 0 Å². The molecule has 2 bridgehead atoms. The zero-order chi connectivity index (χ0) is 52.2. The van der Waals surface area contributed by atoms with Crippen LogP contribution in [0, 0.1) is 16.2 Å². The van der Waals surface area contributed by atoms with Crippen LogP contribution in [0.5, 0.6) is 0 Å². The van der Waals surface area contributed by atoms with Crippen molar-refractivity contribution in [1.82, 2.24) is 19.4 Å². The van der Waals surface area contributed by atoms with Gasteiger partial charge in [0.25, 0.3) is 25.8 Å². The summed E-state index contributed by atoms with van der Waals surface area (Å²) in [5.41, 5.74) is 2.44. The molecule has 0 spiro atoms. The Morgan fingerprint density at radius 3 is 2.04 bits per heavy atom. The maximum Gasteiger partial charge on any atom is 0.501 e. The smallest absolute Gasteiger partial charge is 0.380 e. The average molecular weight is 1110 g/mol. The maximum atomic E-state index is 14.3. The van der Waals surface area contributed by atoms with Crippen LogP contribution in [0.2, 0.25) is 0 Å². The molecule has 9 rings (SSSR count). The highest BCUT2D eigenvalue weighted by molar-refractivity contribution is 7.99. The highest BCUT2D eigenvalue weighted by atomic mass is 35.5. The minimum absolute atomic E-state index is 0. The Hall–Kier alpha value is -3.50. The normalized spacial score (nSPS) is 23.2. The summed E-state index contributed by atoms with van der Waals surface area (Å²) in [5.74, 6) is -0.667. The van der Waals surface area contributed by atoms with Gasteiger partial charge in [0.2, 0.25) is 6.43 Å². The molecule has 410 valence electrons. The molecule has 1 atom stereocenters. The predicted molar refractivity (Wildman–Crippen MR) is 286 cm³/mol. The predicted octanol–water partition coefficient (Wildman–Crippen LogP) is 9.68. The first kappa shape index (κ1) is 58.2. The van der Waals surface area contributed by atoms with E-state index in [0.717, 1.165) is 120 Å². The fourth-order valence-electron chi connectivity index (χ4n) is 11.7. The Balaban J connectivity index is 0.00000800. The second-order valence-corrected chi connectivity index (χ2v) is 26.6. The monoisotopic (exact) mass is 1110 g/mol. The molecular formula is C53H73ClF5N7O5S3. The van der Waals surface area contributed by atoms with Gasteiger partial charge in [-0.15, -0.1) is 24.2 Å². The second-order valence-electron chi connectivity index (χ2n) is 21.9. The van der Waals surface area contributed by atoms with Crippen molar-refractivity contribution in [2.24, 2.45) is 22.0 Å². The number of hydrogen-bond acceptors (Lipinski definition) is 12. The van der Waals surface area contributed by atoms with Crippen molar-refractivity contribution in [3.63, 3.8) is 0 Å². The zero-order valence-electron chi connectivity index (χ0n) is 42.5. The lowest BCUT2D eigenvalue weighted by atomic mass is 9.32. The number of thioether (sulfide) groups is 1. The van der Waals surface area contributed by atoms with Crippen LogP contribution in [-0.4, -0.2) is 140 Å². The van der Waals surface area contributed by atoms with Crippen molar-refractivity contribution in [3.05, 3.63) is 89.5 Å². The first-order valence-electron chi connectivity index (χ1n) is 25.8. The number of rotatable bonds is 23. The van der Waals surface area contributed by atoms with Crippen LogP contribution in [0.4, 0.5) is 33.3 Å². The number of halogens is 6. The van der Waals surface area contributed by atoms with Gasteiger partial charge in [-0.3, -0.25) is 9.69 Å². The van der Waals surface area contributed by atoms with Crippen molar-refractivity contribution >= 4 is 61.3 Å². The van der Waals surface area contributed by atoms with Crippen LogP contribution in [-0.2, 0) is 19.9 Å². The number of hydrogen-bond donors (Lipinski definition) is 3. The molecule has 1 unspecified atom stereocenters. The number of sulfonamides is 1. The van der Waals surface area contributed by atoms with Crippen molar-refractivity contribution in [1.29, 1.82) is 0 Å². The van der Waals surface area contributed by atoms with Gasteiger partial charge in [-0.2, -0.15) is 13.2 Å². The Bertz CT molecular complexity index is 2630. The van der Waals surface area contributed by atoms with E-state index in [1.165, 1.54) is 35.0 Å². The molecule has 4 aliphatic carbocycles. The number of anilines is 2. The third kappa shape index (κ3) is 13.6. The molecule has 6 aliphatic rings. The number of unbranched alkanes of at least 4 members (excludes halogenated alkanes) is 3. The van der Waals surface area contributed by atoms with E-state index in [0.29, 0.717) is 63.7 Å². The van der Waals surface area contributed by atoms with E-state index < -0.39 is 64.6 Å². The molecule has 3 aromatic rings. The molecule has 5 fully saturated rings. The number of benzene rings is 3. The van der Waals surface area contributed by atoms with Gasteiger partial charge in [0.05, 0.1) is 10.6 Å². The molecule has 2 aliphatic heterocycles. The maximum absolute atomic E-state index is 14.3. The number of allylic oxidation sites excluding steroid dienone is 1. The fourth-order valence-corrected chi connectivity index (χ4v) is 14.7. The fraction of sp³-hybridized carbons (Fsp3) is 0.604. The lowest BCUT2D eigenvalue weighted by molar-refractivity contribution is -0.250. The van der Waals surface area contributed by atoms with E-state index in [2.05, 4.69) is 38.8 Å². The van der Waals surface area contributed by atoms with Crippen LogP contribution < -0.4 is 20.7 Å². The minimum atomic E-state index is -6.08. The number of nitrogens with two attached hydrogens (primary N) is 1. The Morgan fingerprint density at radius 2 is 1.42 bits per heavy atom. The molecule has 1 amide bonds. The van der Waals surface area contributed by atoms with E-state index in [4.69, 9.17) is 5.73 Å². The molecule has 21 heteroatoms. The summed E-state index contributed by atoms with van der Waals surface area (Å²) in [5, 5.41) is 3.05. The number of nitrogens with zero attached hydrogens (tertiary/aromatic N) is 4. The summed E-state index contributed by atoms with van der Waals surface area (Å²) in [7, 11) is -11.0. The number of nitrogens with one attached hydrogen (secondary N) is 2. The van der Waals surface area contributed by atoms with Gasteiger partial charge < -0.3 is 25.8 Å². The van der Waals surface area contributed by atoms with E-state index >= 15 is 0 Å². The molecule has 3 aromatic carbocycles. The van der Waals surface area contributed by atoms with Gasteiger partial charge in [-0.25, -0.2) is 30.3 Å². The Labute approximate surface area is 445 Å². The van der Waals surface area contributed by atoms with E-state index in [1.54, 1.807) is 12.1 Å². The van der Waals surface area contributed by atoms with Crippen molar-refractivity contribution in [3.8, 4) is 0 Å².